The summed E-state index contributed by atoms with van der Waals surface area (Å²) < 4.78 is 0. The highest BCUT2D eigenvalue weighted by Gasteiger charge is 2.04. The molecule has 2 aromatic rings. The van der Waals surface area contributed by atoms with Gasteiger partial charge in [0, 0.05) is 6.04 Å². The molecule has 1 heterocycles. The maximum absolute atomic E-state index is 8.77. The third kappa shape index (κ3) is 3.43. The van der Waals surface area contributed by atoms with Crippen LogP contribution in [0.25, 0.3) is 11.3 Å². The van der Waals surface area contributed by atoms with Crippen LogP contribution in [0.3, 0.4) is 0 Å². The lowest BCUT2D eigenvalue weighted by Crippen LogP contribution is -2.24. The summed E-state index contributed by atoms with van der Waals surface area (Å²) in [6.45, 7) is 5.05. The Kier molecular flexibility index (Phi) is 4.32. The fraction of sp³-hybridized carbons (Fsp3) is 0.333. The maximum atomic E-state index is 8.77. The molecule has 1 aromatic carbocycles. The van der Waals surface area contributed by atoms with Gasteiger partial charge in [-0.2, -0.15) is 5.26 Å². The van der Waals surface area contributed by atoms with Crippen LogP contribution in [0.1, 0.15) is 31.7 Å². The van der Waals surface area contributed by atoms with Gasteiger partial charge >= 0.3 is 0 Å². The summed E-state index contributed by atoms with van der Waals surface area (Å²) in [6, 6.07) is 10.1. The number of nitrogens with zero attached hydrogens (tertiary/aromatic N) is 2. The van der Waals surface area contributed by atoms with Crippen molar-refractivity contribution in [2.24, 2.45) is 0 Å². The van der Waals surface area contributed by atoms with Crippen LogP contribution in [-0.2, 0) is 6.54 Å². The first-order valence-electron chi connectivity index (χ1n) is 6.50. The molecule has 4 nitrogen and oxygen atoms in total. The predicted octanol–water partition coefficient (Wildman–Crippen LogP) is 2.84. The van der Waals surface area contributed by atoms with Gasteiger partial charge in [-0.15, -0.1) is 0 Å². The molecule has 0 fully saturated rings. The summed E-state index contributed by atoms with van der Waals surface area (Å²) in [5.74, 6) is 0.930. The average Bonchev–Trinajstić information content (AvgIpc) is 2.93. The minimum atomic E-state index is 0.489. The van der Waals surface area contributed by atoms with Crippen molar-refractivity contribution in [3.05, 3.63) is 41.9 Å². The Bertz CT molecular complexity index is 563. The first kappa shape index (κ1) is 13.3. The number of H-pyrrole nitrogens is 1. The van der Waals surface area contributed by atoms with E-state index in [9.17, 15) is 0 Å². The molecule has 2 rings (SSSR count). The highest BCUT2D eigenvalue weighted by molar-refractivity contribution is 5.59. The molecule has 0 spiro atoms. The molecular formula is C15H18N4. The molecule has 0 amide bonds. The number of aromatic nitrogens is 2. The van der Waals surface area contributed by atoms with E-state index >= 15 is 0 Å². The highest BCUT2D eigenvalue weighted by atomic mass is 15.0. The van der Waals surface area contributed by atoms with E-state index in [-0.39, 0.29) is 0 Å². The highest BCUT2D eigenvalue weighted by Crippen LogP contribution is 2.17. The molecule has 19 heavy (non-hydrogen) atoms. The van der Waals surface area contributed by atoms with Crippen molar-refractivity contribution in [3.8, 4) is 17.3 Å². The van der Waals surface area contributed by atoms with Crippen LogP contribution in [0, 0.1) is 11.3 Å². The maximum Gasteiger partial charge on any atom is 0.120 e. The van der Waals surface area contributed by atoms with Crippen LogP contribution < -0.4 is 5.32 Å². The first-order valence-corrected chi connectivity index (χ1v) is 6.50. The van der Waals surface area contributed by atoms with E-state index in [1.54, 1.807) is 0 Å². The Morgan fingerprint density at radius 3 is 2.74 bits per heavy atom. The van der Waals surface area contributed by atoms with Crippen LogP contribution in [-0.4, -0.2) is 16.0 Å². The van der Waals surface area contributed by atoms with Crippen molar-refractivity contribution >= 4 is 0 Å². The molecule has 0 saturated heterocycles. The second-order valence-electron chi connectivity index (χ2n) is 4.62. The zero-order chi connectivity index (χ0) is 13.7. The van der Waals surface area contributed by atoms with Crippen molar-refractivity contribution in [2.75, 3.05) is 0 Å². The second-order valence-corrected chi connectivity index (χ2v) is 4.62. The van der Waals surface area contributed by atoms with Crippen LogP contribution in [0.4, 0.5) is 0 Å². The minimum Gasteiger partial charge on any atom is -0.341 e. The van der Waals surface area contributed by atoms with E-state index in [1.165, 1.54) is 0 Å². The Balaban J connectivity index is 2.05. The largest absolute Gasteiger partial charge is 0.341 e. The van der Waals surface area contributed by atoms with E-state index in [2.05, 4.69) is 35.2 Å². The monoisotopic (exact) mass is 254 g/mol. The van der Waals surface area contributed by atoms with E-state index in [0.717, 1.165) is 30.0 Å². The molecule has 2 N–H and O–H groups in total. The number of benzene rings is 1. The topological polar surface area (TPSA) is 64.5 Å². The van der Waals surface area contributed by atoms with Gasteiger partial charge in [-0.1, -0.05) is 19.1 Å². The second kappa shape index (κ2) is 6.17. The number of hydrogen-bond donors (Lipinski definition) is 2. The Morgan fingerprint density at radius 2 is 2.11 bits per heavy atom. The van der Waals surface area contributed by atoms with Gasteiger partial charge in [0.1, 0.15) is 5.82 Å². The summed E-state index contributed by atoms with van der Waals surface area (Å²) in [5, 5.41) is 12.2. The van der Waals surface area contributed by atoms with E-state index in [1.807, 2.05) is 30.5 Å². The van der Waals surface area contributed by atoms with Gasteiger partial charge < -0.3 is 10.3 Å². The van der Waals surface area contributed by atoms with Gasteiger partial charge in [-0.05, 0) is 31.0 Å². The SMILES string of the molecule is CCC(C)NCc1ncc(-c2ccc(C#N)cc2)[nH]1. The lowest BCUT2D eigenvalue weighted by atomic mass is 10.1. The lowest BCUT2D eigenvalue weighted by molar-refractivity contribution is 0.525. The third-order valence-electron chi connectivity index (χ3n) is 3.18. The Hall–Kier alpha value is -2.12. The lowest BCUT2D eigenvalue weighted by Gasteiger charge is -2.08. The zero-order valence-corrected chi connectivity index (χ0v) is 11.3. The predicted molar refractivity (Wildman–Crippen MR) is 75.3 cm³/mol. The molecule has 0 aliphatic rings. The molecule has 0 bridgehead atoms. The van der Waals surface area contributed by atoms with Crippen molar-refractivity contribution in [3.63, 3.8) is 0 Å². The van der Waals surface area contributed by atoms with Gasteiger partial charge in [0.25, 0.3) is 0 Å². The Morgan fingerprint density at radius 1 is 1.37 bits per heavy atom. The zero-order valence-electron chi connectivity index (χ0n) is 11.3. The molecule has 0 radical (unpaired) electrons. The number of rotatable bonds is 5. The number of aromatic amines is 1. The van der Waals surface area contributed by atoms with Gasteiger partial charge in [-0.25, -0.2) is 4.98 Å². The van der Waals surface area contributed by atoms with Crippen molar-refractivity contribution in [1.82, 2.24) is 15.3 Å². The number of nitriles is 1. The quantitative estimate of drug-likeness (QED) is 0.862. The summed E-state index contributed by atoms with van der Waals surface area (Å²) in [6.07, 6.45) is 2.93. The fourth-order valence-electron chi connectivity index (χ4n) is 1.74. The van der Waals surface area contributed by atoms with Crippen LogP contribution >= 0.6 is 0 Å². The third-order valence-corrected chi connectivity index (χ3v) is 3.18. The van der Waals surface area contributed by atoms with Crippen LogP contribution in [0.5, 0.6) is 0 Å². The molecule has 1 unspecified atom stereocenters. The van der Waals surface area contributed by atoms with Crippen LogP contribution in [0.15, 0.2) is 30.5 Å². The summed E-state index contributed by atoms with van der Waals surface area (Å²) in [7, 11) is 0. The molecule has 1 atom stereocenters. The molecule has 0 aliphatic carbocycles. The minimum absolute atomic E-state index is 0.489. The molecule has 0 saturated carbocycles. The molecule has 1 aromatic heterocycles. The van der Waals surface area contributed by atoms with Crippen molar-refractivity contribution in [1.29, 1.82) is 5.26 Å². The summed E-state index contributed by atoms with van der Waals surface area (Å²) >= 11 is 0. The standard InChI is InChI=1S/C15H18N4/c1-3-11(2)17-10-15-18-9-14(19-15)13-6-4-12(8-16)5-7-13/h4-7,9,11,17H,3,10H2,1-2H3,(H,18,19). The first-order chi connectivity index (χ1) is 9.22. The van der Waals surface area contributed by atoms with E-state index in [4.69, 9.17) is 5.26 Å². The van der Waals surface area contributed by atoms with Gasteiger partial charge in [0.2, 0.25) is 0 Å². The smallest absolute Gasteiger partial charge is 0.120 e. The van der Waals surface area contributed by atoms with Gasteiger partial charge in [0.15, 0.2) is 0 Å². The molecule has 4 heteroatoms. The fourth-order valence-corrected chi connectivity index (χ4v) is 1.74. The average molecular weight is 254 g/mol. The van der Waals surface area contributed by atoms with Crippen molar-refractivity contribution in [2.45, 2.75) is 32.9 Å². The van der Waals surface area contributed by atoms with E-state index < -0.39 is 0 Å². The van der Waals surface area contributed by atoms with E-state index in [0.29, 0.717) is 11.6 Å². The van der Waals surface area contributed by atoms with Gasteiger partial charge in [-0.3, -0.25) is 0 Å². The van der Waals surface area contributed by atoms with Crippen LogP contribution in [0.2, 0.25) is 0 Å². The Labute approximate surface area is 113 Å². The number of hydrogen-bond acceptors (Lipinski definition) is 3. The van der Waals surface area contributed by atoms with Crippen molar-refractivity contribution < 1.29 is 0 Å². The number of imidazole rings is 1. The molecule has 0 aliphatic heterocycles. The normalized spacial score (nSPS) is 12.1. The summed E-state index contributed by atoms with van der Waals surface area (Å²) in [5.41, 5.74) is 2.69. The molecule has 98 valence electrons. The number of nitrogens with one attached hydrogen (secondary N) is 2. The molecular weight excluding hydrogens is 236 g/mol. The van der Waals surface area contributed by atoms with Gasteiger partial charge in [0.05, 0.1) is 30.1 Å². The summed E-state index contributed by atoms with van der Waals surface area (Å²) in [4.78, 5) is 7.65.